The number of rotatable bonds is 5. The smallest absolute Gasteiger partial charge is 0.0897 e. The lowest BCUT2D eigenvalue weighted by Gasteiger charge is -2.19. The van der Waals surface area contributed by atoms with E-state index in [0.29, 0.717) is 0 Å². The van der Waals surface area contributed by atoms with Crippen LogP contribution in [0.15, 0.2) is 24.4 Å². The van der Waals surface area contributed by atoms with Crippen LogP contribution in [-0.2, 0) is 6.54 Å². The van der Waals surface area contributed by atoms with Crippen molar-refractivity contribution in [3.8, 4) is 0 Å². The number of hydrazine groups is 1. The topological polar surface area (TPSA) is 68.8 Å². The van der Waals surface area contributed by atoms with Gasteiger partial charge in [0.15, 0.2) is 0 Å². The minimum absolute atomic E-state index is 0.0820. The Hall–Kier alpha value is -1.72. The molecule has 0 spiro atoms. The van der Waals surface area contributed by atoms with Gasteiger partial charge in [0.05, 0.1) is 17.9 Å². The van der Waals surface area contributed by atoms with E-state index < -0.39 is 0 Å². The van der Waals surface area contributed by atoms with E-state index in [1.807, 2.05) is 4.68 Å². The zero-order valence-electron chi connectivity index (χ0n) is 11.7. The van der Waals surface area contributed by atoms with Crippen LogP contribution in [0.1, 0.15) is 41.8 Å². The van der Waals surface area contributed by atoms with Crippen molar-refractivity contribution in [2.45, 2.75) is 39.8 Å². The van der Waals surface area contributed by atoms with Gasteiger partial charge in [0, 0.05) is 6.54 Å². The average molecular weight is 259 g/mol. The number of aryl methyl sites for hydroxylation is 3. The molecule has 102 valence electrons. The highest BCUT2D eigenvalue weighted by Crippen LogP contribution is 2.24. The molecule has 1 aromatic heterocycles. The van der Waals surface area contributed by atoms with Gasteiger partial charge in [0.1, 0.15) is 0 Å². The first kappa shape index (κ1) is 13.7. The predicted octanol–water partition coefficient (Wildman–Crippen LogP) is 1.86. The molecule has 0 amide bonds. The highest BCUT2D eigenvalue weighted by Gasteiger charge is 2.19. The second kappa shape index (κ2) is 5.95. The Bertz CT molecular complexity index is 547. The first-order valence-electron chi connectivity index (χ1n) is 6.59. The van der Waals surface area contributed by atoms with Gasteiger partial charge in [0.25, 0.3) is 0 Å². The summed E-state index contributed by atoms with van der Waals surface area (Å²) in [6, 6.07) is 6.29. The lowest BCUT2D eigenvalue weighted by molar-refractivity contribution is 0.511. The van der Waals surface area contributed by atoms with Crippen LogP contribution in [0.5, 0.6) is 0 Å². The fourth-order valence-electron chi connectivity index (χ4n) is 2.28. The van der Waals surface area contributed by atoms with Crippen molar-refractivity contribution < 1.29 is 0 Å². The number of nitrogens with two attached hydrogens (primary N) is 1. The summed E-state index contributed by atoms with van der Waals surface area (Å²) in [6.07, 6.45) is 2.79. The number of hydrogen-bond acceptors (Lipinski definition) is 4. The Morgan fingerprint density at radius 1 is 1.37 bits per heavy atom. The van der Waals surface area contributed by atoms with Crippen LogP contribution in [0.2, 0.25) is 0 Å². The highest BCUT2D eigenvalue weighted by atomic mass is 15.4. The Balaban J connectivity index is 2.44. The highest BCUT2D eigenvalue weighted by molar-refractivity contribution is 5.36. The summed E-state index contributed by atoms with van der Waals surface area (Å²) < 4.78 is 1.91. The molecule has 0 fully saturated rings. The molecule has 1 atom stereocenters. The van der Waals surface area contributed by atoms with Crippen LogP contribution in [0.4, 0.5) is 0 Å². The summed E-state index contributed by atoms with van der Waals surface area (Å²) in [7, 11) is 0. The molecule has 2 aromatic rings. The number of benzene rings is 1. The van der Waals surface area contributed by atoms with E-state index in [4.69, 9.17) is 5.84 Å². The maximum Gasteiger partial charge on any atom is 0.0897 e. The van der Waals surface area contributed by atoms with E-state index in [0.717, 1.165) is 18.7 Å². The molecular formula is C14H21N5. The first-order chi connectivity index (χ1) is 9.17. The number of nitrogens with one attached hydrogen (secondary N) is 1. The van der Waals surface area contributed by atoms with Crippen LogP contribution in [-0.4, -0.2) is 15.0 Å². The molecule has 0 aliphatic carbocycles. The second-order valence-electron chi connectivity index (χ2n) is 4.84. The van der Waals surface area contributed by atoms with Gasteiger partial charge in [-0.25, -0.2) is 10.1 Å². The molecule has 5 heteroatoms. The maximum atomic E-state index is 5.76. The summed E-state index contributed by atoms with van der Waals surface area (Å²) in [5.74, 6) is 5.76. The lowest BCUT2D eigenvalue weighted by atomic mass is 9.97. The monoisotopic (exact) mass is 259 g/mol. The van der Waals surface area contributed by atoms with Crippen molar-refractivity contribution in [3.05, 3.63) is 46.8 Å². The van der Waals surface area contributed by atoms with Gasteiger partial charge < -0.3 is 0 Å². The molecule has 1 heterocycles. The molecule has 1 aromatic carbocycles. The Morgan fingerprint density at radius 2 is 2.16 bits per heavy atom. The van der Waals surface area contributed by atoms with Gasteiger partial charge in [-0.05, 0) is 31.4 Å². The van der Waals surface area contributed by atoms with E-state index in [1.165, 1.54) is 16.7 Å². The molecule has 0 aliphatic heterocycles. The van der Waals surface area contributed by atoms with Crippen molar-refractivity contribution in [1.29, 1.82) is 0 Å². The summed E-state index contributed by atoms with van der Waals surface area (Å²) in [5, 5.41) is 8.13. The summed E-state index contributed by atoms with van der Waals surface area (Å²) in [5.41, 5.74) is 7.48. The molecule has 5 nitrogen and oxygen atoms in total. The molecule has 0 saturated heterocycles. The van der Waals surface area contributed by atoms with E-state index >= 15 is 0 Å². The second-order valence-corrected chi connectivity index (χ2v) is 4.84. The fraction of sp³-hybridized carbons (Fsp3) is 0.429. The van der Waals surface area contributed by atoms with Gasteiger partial charge in [-0.15, -0.1) is 5.10 Å². The van der Waals surface area contributed by atoms with Crippen LogP contribution < -0.4 is 11.3 Å². The largest absolute Gasteiger partial charge is 0.271 e. The van der Waals surface area contributed by atoms with Crippen molar-refractivity contribution in [2.24, 2.45) is 5.84 Å². The molecule has 3 N–H and O–H groups in total. The zero-order valence-corrected chi connectivity index (χ0v) is 11.7. The van der Waals surface area contributed by atoms with Crippen LogP contribution in [0.3, 0.4) is 0 Å². The third-order valence-corrected chi connectivity index (χ3v) is 3.29. The van der Waals surface area contributed by atoms with E-state index in [9.17, 15) is 0 Å². The molecule has 0 saturated carbocycles. The quantitative estimate of drug-likeness (QED) is 0.635. The fourth-order valence-corrected chi connectivity index (χ4v) is 2.28. The Kier molecular flexibility index (Phi) is 4.29. The number of aromatic nitrogens is 3. The van der Waals surface area contributed by atoms with Crippen LogP contribution >= 0.6 is 0 Å². The van der Waals surface area contributed by atoms with E-state index in [-0.39, 0.29) is 6.04 Å². The van der Waals surface area contributed by atoms with E-state index in [2.05, 4.69) is 54.7 Å². The van der Waals surface area contributed by atoms with Crippen LogP contribution in [0, 0.1) is 13.8 Å². The molecule has 0 bridgehead atoms. The predicted molar refractivity (Wildman–Crippen MR) is 75.4 cm³/mol. The molecule has 1 unspecified atom stereocenters. The third kappa shape index (κ3) is 2.83. The van der Waals surface area contributed by atoms with Gasteiger partial charge in [0.2, 0.25) is 0 Å². The number of nitrogens with zero attached hydrogens (tertiary/aromatic N) is 3. The van der Waals surface area contributed by atoms with Crippen molar-refractivity contribution in [2.75, 3.05) is 0 Å². The van der Waals surface area contributed by atoms with Crippen LogP contribution in [0.25, 0.3) is 0 Å². The maximum absolute atomic E-state index is 5.76. The summed E-state index contributed by atoms with van der Waals surface area (Å²) in [6.45, 7) is 7.14. The first-order valence-corrected chi connectivity index (χ1v) is 6.59. The summed E-state index contributed by atoms with van der Waals surface area (Å²) in [4.78, 5) is 0. The standard InChI is InChI=1S/C14H21N5/c1-4-7-19-13(9-16-18-19)14(17-15)12-8-10(2)5-6-11(12)3/h5-6,8-9,14,17H,4,7,15H2,1-3H3. The van der Waals surface area contributed by atoms with Gasteiger partial charge in [-0.2, -0.15) is 0 Å². The average Bonchev–Trinajstić information content (AvgIpc) is 2.83. The normalized spacial score (nSPS) is 12.6. The van der Waals surface area contributed by atoms with Gasteiger partial charge in [-0.3, -0.25) is 5.84 Å². The molecule has 19 heavy (non-hydrogen) atoms. The van der Waals surface area contributed by atoms with Crippen molar-refractivity contribution in [1.82, 2.24) is 20.4 Å². The molecule has 2 rings (SSSR count). The van der Waals surface area contributed by atoms with Crippen molar-refractivity contribution in [3.63, 3.8) is 0 Å². The Labute approximate surface area is 113 Å². The van der Waals surface area contributed by atoms with Crippen molar-refractivity contribution >= 4 is 0 Å². The Morgan fingerprint density at radius 3 is 2.84 bits per heavy atom. The molecule has 0 radical (unpaired) electrons. The number of hydrogen-bond donors (Lipinski definition) is 2. The minimum atomic E-state index is -0.0820. The third-order valence-electron chi connectivity index (χ3n) is 3.29. The lowest BCUT2D eigenvalue weighted by Crippen LogP contribution is -2.31. The minimum Gasteiger partial charge on any atom is -0.271 e. The van der Waals surface area contributed by atoms with Gasteiger partial charge >= 0.3 is 0 Å². The molecule has 0 aliphatic rings. The van der Waals surface area contributed by atoms with E-state index in [1.54, 1.807) is 6.20 Å². The zero-order chi connectivity index (χ0) is 13.8. The summed E-state index contributed by atoms with van der Waals surface area (Å²) >= 11 is 0. The van der Waals surface area contributed by atoms with Gasteiger partial charge in [-0.1, -0.05) is 35.9 Å². The SMILES string of the molecule is CCCn1nncc1C(NN)c1cc(C)ccc1C. The molecular weight excluding hydrogens is 238 g/mol.